The van der Waals surface area contributed by atoms with E-state index in [1.165, 1.54) is 0 Å². The van der Waals surface area contributed by atoms with Gasteiger partial charge >= 0.3 is 0 Å². The summed E-state index contributed by atoms with van der Waals surface area (Å²) in [6.07, 6.45) is 5.74. The minimum atomic E-state index is -0.548. The number of aryl methyl sites for hydroxylation is 2. The Bertz CT molecular complexity index is 1140. The summed E-state index contributed by atoms with van der Waals surface area (Å²) in [6.45, 7) is 3.41. The normalized spacial score (nSPS) is 24.0. The van der Waals surface area contributed by atoms with Gasteiger partial charge in [-0.05, 0) is 68.4 Å². The van der Waals surface area contributed by atoms with Gasteiger partial charge in [0.15, 0.2) is 0 Å². The third-order valence-corrected chi connectivity index (χ3v) is 7.03. The molecule has 5 nitrogen and oxygen atoms in total. The number of halogens is 1. The second kappa shape index (κ2) is 8.93. The quantitative estimate of drug-likeness (QED) is 0.544. The average Bonchev–Trinajstić information content (AvgIpc) is 2.85. The lowest BCUT2D eigenvalue weighted by molar-refractivity contribution is -0.0703. The molecule has 1 saturated carbocycles. The standard InChI is InChI=1S/C27H28FN3O2/c1-17-9-12-25(30-16-17)33-24-14-19-10-11-22(24)31(23(19)15-28)27(32)20-7-5-6-18(2)26(20)21-8-3-4-13-29-21/h3-9,12-13,16,19,22-24H,10-11,14-15H2,1-2H3. The number of carbonyl (C=O) groups excluding carboxylic acids is 1. The SMILES string of the molecule is Cc1ccc(OC2CC3CCC2N(C(=O)c2cccc(C)c2-c2ccccn2)C3CF)nc1. The molecule has 4 unspecified atom stereocenters. The maximum absolute atomic E-state index is 14.3. The molecule has 0 radical (unpaired) electrons. The van der Waals surface area contributed by atoms with E-state index in [1.807, 2.05) is 62.4 Å². The number of benzene rings is 1. The van der Waals surface area contributed by atoms with Crippen LogP contribution >= 0.6 is 0 Å². The molecule has 0 spiro atoms. The molecule has 6 rings (SSSR count). The van der Waals surface area contributed by atoms with E-state index in [4.69, 9.17) is 4.74 Å². The fraction of sp³-hybridized carbons (Fsp3) is 0.370. The van der Waals surface area contributed by atoms with Gasteiger partial charge in [0.2, 0.25) is 5.88 Å². The molecule has 3 aromatic rings. The predicted molar refractivity (Wildman–Crippen MR) is 125 cm³/mol. The number of hydrogen-bond acceptors (Lipinski definition) is 4. The number of alkyl halides is 1. The number of aromatic nitrogens is 2. The van der Waals surface area contributed by atoms with E-state index in [1.54, 1.807) is 17.3 Å². The molecule has 33 heavy (non-hydrogen) atoms. The highest BCUT2D eigenvalue weighted by Gasteiger charge is 2.50. The number of amides is 1. The van der Waals surface area contributed by atoms with Crippen LogP contribution in [0.15, 0.2) is 60.9 Å². The first-order chi connectivity index (χ1) is 16.1. The van der Waals surface area contributed by atoms with Crippen LogP contribution in [0.2, 0.25) is 0 Å². The molecule has 4 heterocycles. The van der Waals surface area contributed by atoms with Crippen molar-refractivity contribution in [1.29, 1.82) is 0 Å². The summed E-state index contributed by atoms with van der Waals surface area (Å²) in [5, 5.41) is 0. The molecule has 170 valence electrons. The molecule has 2 aromatic heterocycles. The van der Waals surface area contributed by atoms with Crippen LogP contribution in [-0.4, -0.2) is 45.6 Å². The van der Waals surface area contributed by atoms with Crippen molar-refractivity contribution in [3.63, 3.8) is 0 Å². The van der Waals surface area contributed by atoms with Crippen molar-refractivity contribution in [3.8, 4) is 17.1 Å². The molecule has 0 N–H and O–H groups in total. The van der Waals surface area contributed by atoms with Crippen molar-refractivity contribution < 1.29 is 13.9 Å². The van der Waals surface area contributed by atoms with Gasteiger partial charge in [0, 0.05) is 29.6 Å². The Balaban J connectivity index is 1.50. The van der Waals surface area contributed by atoms with Crippen LogP contribution < -0.4 is 4.74 Å². The minimum absolute atomic E-state index is 0.0718. The summed E-state index contributed by atoms with van der Waals surface area (Å²) in [7, 11) is 0. The maximum atomic E-state index is 14.3. The first-order valence-electron chi connectivity index (χ1n) is 11.6. The van der Waals surface area contributed by atoms with Crippen LogP contribution in [0, 0.1) is 19.8 Å². The number of pyridine rings is 2. The number of rotatable bonds is 5. The Morgan fingerprint density at radius 3 is 2.70 bits per heavy atom. The molecule has 2 saturated heterocycles. The Labute approximate surface area is 193 Å². The van der Waals surface area contributed by atoms with Crippen molar-refractivity contribution in [2.24, 2.45) is 5.92 Å². The first kappa shape index (κ1) is 21.6. The van der Waals surface area contributed by atoms with Gasteiger partial charge < -0.3 is 9.64 Å². The second-order valence-electron chi connectivity index (χ2n) is 9.12. The Kier molecular flexibility index (Phi) is 5.83. The zero-order valence-corrected chi connectivity index (χ0v) is 18.9. The van der Waals surface area contributed by atoms with Gasteiger partial charge in [-0.3, -0.25) is 9.78 Å². The van der Waals surface area contributed by atoms with Crippen LogP contribution in [0.5, 0.6) is 5.88 Å². The van der Waals surface area contributed by atoms with Gasteiger partial charge in [0.25, 0.3) is 5.91 Å². The molecule has 1 aliphatic carbocycles. The van der Waals surface area contributed by atoms with E-state index >= 15 is 0 Å². The van der Waals surface area contributed by atoms with E-state index < -0.39 is 12.7 Å². The number of carbonyl (C=O) groups is 1. The van der Waals surface area contributed by atoms with Crippen molar-refractivity contribution in [2.45, 2.75) is 51.3 Å². The Hall–Kier alpha value is -3.28. The van der Waals surface area contributed by atoms with Gasteiger partial charge in [0.05, 0.1) is 17.8 Å². The van der Waals surface area contributed by atoms with E-state index in [0.717, 1.165) is 41.6 Å². The van der Waals surface area contributed by atoms with Gasteiger partial charge in [-0.15, -0.1) is 0 Å². The predicted octanol–water partition coefficient (Wildman–Crippen LogP) is 5.17. The summed E-state index contributed by atoms with van der Waals surface area (Å²) in [6, 6.07) is 14.6. The molecule has 2 bridgehead atoms. The minimum Gasteiger partial charge on any atom is -0.472 e. The summed E-state index contributed by atoms with van der Waals surface area (Å²) >= 11 is 0. The fourth-order valence-corrected chi connectivity index (χ4v) is 5.43. The molecule has 1 aromatic carbocycles. The smallest absolute Gasteiger partial charge is 0.255 e. The lowest BCUT2D eigenvalue weighted by atomic mass is 9.72. The summed E-state index contributed by atoms with van der Waals surface area (Å²) < 4.78 is 20.6. The molecular weight excluding hydrogens is 417 g/mol. The van der Waals surface area contributed by atoms with Crippen LogP contribution in [-0.2, 0) is 0 Å². The largest absolute Gasteiger partial charge is 0.472 e. The third-order valence-electron chi connectivity index (χ3n) is 7.03. The zero-order chi connectivity index (χ0) is 22.9. The van der Waals surface area contributed by atoms with Crippen molar-refractivity contribution in [1.82, 2.24) is 14.9 Å². The van der Waals surface area contributed by atoms with Crippen LogP contribution in [0.1, 0.15) is 40.7 Å². The van der Waals surface area contributed by atoms with Gasteiger partial charge in [-0.2, -0.15) is 0 Å². The third kappa shape index (κ3) is 3.99. The molecule has 3 fully saturated rings. The zero-order valence-electron chi connectivity index (χ0n) is 18.9. The number of piperidine rings is 2. The summed E-state index contributed by atoms with van der Waals surface area (Å²) in [5.41, 5.74) is 4.14. The van der Waals surface area contributed by atoms with Crippen LogP contribution in [0.25, 0.3) is 11.3 Å². The van der Waals surface area contributed by atoms with Crippen molar-refractivity contribution in [2.75, 3.05) is 6.67 Å². The van der Waals surface area contributed by atoms with Gasteiger partial charge in [0.1, 0.15) is 12.8 Å². The van der Waals surface area contributed by atoms with E-state index in [0.29, 0.717) is 11.4 Å². The molecule has 3 aliphatic rings. The summed E-state index contributed by atoms with van der Waals surface area (Å²) in [5.74, 6) is 0.469. The molecule has 4 atom stereocenters. The number of nitrogens with zero attached hydrogens (tertiary/aromatic N) is 3. The van der Waals surface area contributed by atoms with E-state index in [9.17, 15) is 9.18 Å². The topological polar surface area (TPSA) is 55.3 Å². The molecule has 2 aliphatic heterocycles. The maximum Gasteiger partial charge on any atom is 0.255 e. The molecule has 1 amide bonds. The van der Waals surface area contributed by atoms with Crippen LogP contribution in [0.3, 0.4) is 0 Å². The number of ether oxygens (including phenoxy) is 1. The van der Waals surface area contributed by atoms with Crippen molar-refractivity contribution in [3.05, 3.63) is 77.6 Å². The highest BCUT2D eigenvalue weighted by atomic mass is 19.1. The van der Waals surface area contributed by atoms with E-state index in [2.05, 4.69) is 9.97 Å². The molecular formula is C27H28FN3O2. The lowest BCUT2D eigenvalue weighted by Crippen LogP contribution is -2.65. The number of fused-ring (bicyclic) bond motifs is 3. The Morgan fingerprint density at radius 2 is 1.97 bits per heavy atom. The first-order valence-corrected chi connectivity index (χ1v) is 11.6. The second-order valence-corrected chi connectivity index (χ2v) is 9.12. The van der Waals surface area contributed by atoms with Gasteiger partial charge in [-0.25, -0.2) is 9.37 Å². The highest BCUT2D eigenvalue weighted by molar-refractivity contribution is 6.01. The fourth-order valence-electron chi connectivity index (χ4n) is 5.43. The van der Waals surface area contributed by atoms with E-state index in [-0.39, 0.29) is 24.0 Å². The average molecular weight is 446 g/mol. The van der Waals surface area contributed by atoms with Crippen LogP contribution in [0.4, 0.5) is 4.39 Å². The Morgan fingerprint density at radius 1 is 1.09 bits per heavy atom. The molecule has 6 heteroatoms. The number of hydrogen-bond donors (Lipinski definition) is 0. The summed E-state index contributed by atoms with van der Waals surface area (Å²) in [4.78, 5) is 24.6. The van der Waals surface area contributed by atoms with Gasteiger partial charge in [-0.1, -0.05) is 24.3 Å². The highest BCUT2D eigenvalue weighted by Crippen LogP contribution is 2.43. The van der Waals surface area contributed by atoms with Crippen molar-refractivity contribution >= 4 is 5.91 Å². The monoisotopic (exact) mass is 445 g/mol. The lowest BCUT2D eigenvalue weighted by Gasteiger charge is -2.53.